The Balaban J connectivity index is 1.17. The standard InChI is InChI=1S/C40H34BrN2O6P/c1-42(32-17-19-43(20-18-32)39(45)30-14-13-29-22-31(41)16-15-28(29)21-30)40(46)36-24-27-9-3-2-8-26(27)23-35(36)37(44)38(50(47,48)49)34-12-6-10-25-7-4-5-11-33(25)34/h2-16,21-24,32,38H,17-20H2,1H3,(H2,47,48,49). The summed E-state index contributed by atoms with van der Waals surface area (Å²) in [5.74, 6) is -1.31. The number of hydrogen-bond donors (Lipinski definition) is 2. The molecule has 1 unspecified atom stereocenters. The third-order valence-electron chi connectivity index (χ3n) is 9.75. The molecule has 0 aromatic heterocycles. The van der Waals surface area contributed by atoms with E-state index in [4.69, 9.17) is 0 Å². The minimum absolute atomic E-state index is 0.0437. The molecule has 10 heteroatoms. The van der Waals surface area contributed by atoms with Crippen LogP contribution in [0.4, 0.5) is 0 Å². The highest BCUT2D eigenvalue weighted by molar-refractivity contribution is 9.10. The molecule has 8 nitrogen and oxygen atoms in total. The average molecular weight is 750 g/mol. The summed E-state index contributed by atoms with van der Waals surface area (Å²) in [6.45, 7) is 0.898. The summed E-state index contributed by atoms with van der Waals surface area (Å²) in [5, 5.41) is 4.70. The smallest absolute Gasteiger partial charge is 0.339 e. The lowest BCUT2D eigenvalue weighted by molar-refractivity contribution is 0.0567. The summed E-state index contributed by atoms with van der Waals surface area (Å²) in [4.78, 5) is 66.9. The van der Waals surface area contributed by atoms with Crippen LogP contribution in [0.25, 0.3) is 32.3 Å². The zero-order valence-electron chi connectivity index (χ0n) is 27.2. The molecule has 6 aromatic rings. The van der Waals surface area contributed by atoms with Gasteiger partial charge in [0.15, 0.2) is 5.78 Å². The van der Waals surface area contributed by atoms with Crippen LogP contribution in [0.5, 0.6) is 0 Å². The number of Topliss-reactive ketones (excluding diaryl/α,β-unsaturated/α-hetero) is 1. The Morgan fingerprint density at radius 2 is 1.32 bits per heavy atom. The van der Waals surface area contributed by atoms with Gasteiger partial charge in [-0.05, 0) is 87.1 Å². The molecule has 1 aliphatic rings. The second-order valence-corrected chi connectivity index (χ2v) is 15.4. The Hall–Kier alpha value is -4.66. The van der Waals surface area contributed by atoms with Crippen molar-refractivity contribution in [1.29, 1.82) is 0 Å². The molecule has 50 heavy (non-hydrogen) atoms. The maximum atomic E-state index is 14.4. The molecule has 0 spiro atoms. The lowest BCUT2D eigenvalue weighted by Crippen LogP contribution is -2.47. The van der Waals surface area contributed by atoms with Gasteiger partial charge in [0.2, 0.25) is 0 Å². The molecule has 0 bridgehead atoms. The predicted molar refractivity (Wildman–Crippen MR) is 200 cm³/mol. The van der Waals surface area contributed by atoms with Crippen molar-refractivity contribution in [3.05, 3.63) is 142 Å². The Morgan fingerprint density at radius 3 is 2.02 bits per heavy atom. The molecule has 252 valence electrons. The number of fused-ring (bicyclic) bond motifs is 3. The predicted octanol–water partition coefficient (Wildman–Crippen LogP) is 8.39. The molecule has 1 fully saturated rings. The van der Waals surface area contributed by atoms with Crippen molar-refractivity contribution in [2.45, 2.75) is 24.5 Å². The molecule has 2 amide bonds. The second kappa shape index (κ2) is 13.6. The van der Waals surface area contributed by atoms with Crippen molar-refractivity contribution in [2.75, 3.05) is 20.1 Å². The van der Waals surface area contributed by atoms with Crippen molar-refractivity contribution in [3.63, 3.8) is 0 Å². The number of rotatable bonds is 7. The fourth-order valence-electron chi connectivity index (χ4n) is 7.08. The first-order valence-electron chi connectivity index (χ1n) is 16.4. The van der Waals surface area contributed by atoms with Crippen molar-refractivity contribution in [2.24, 2.45) is 0 Å². The Labute approximate surface area is 297 Å². The number of hydrogen-bond acceptors (Lipinski definition) is 4. The number of benzene rings is 6. The van der Waals surface area contributed by atoms with E-state index in [1.807, 2.05) is 66.7 Å². The van der Waals surface area contributed by atoms with Gasteiger partial charge in [-0.15, -0.1) is 0 Å². The second-order valence-electron chi connectivity index (χ2n) is 12.8. The van der Waals surface area contributed by atoms with Crippen LogP contribution < -0.4 is 0 Å². The maximum absolute atomic E-state index is 14.4. The molecule has 0 saturated carbocycles. The highest BCUT2D eigenvalue weighted by Gasteiger charge is 2.41. The third kappa shape index (κ3) is 6.50. The van der Waals surface area contributed by atoms with Crippen molar-refractivity contribution in [1.82, 2.24) is 9.80 Å². The Kier molecular flexibility index (Phi) is 9.18. The number of carbonyl (C=O) groups is 3. The SMILES string of the molecule is CN(C(=O)c1cc2ccccc2cc1C(=O)C(c1cccc2ccccc12)P(=O)(O)O)C1CCN(C(=O)c2ccc3cc(Br)ccc3c2)CC1. The Bertz CT molecular complexity index is 2360. The van der Waals surface area contributed by atoms with Gasteiger partial charge in [0, 0.05) is 41.8 Å². The summed E-state index contributed by atoms with van der Waals surface area (Å²) in [6, 6.07) is 34.0. The van der Waals surface area contributed by atoms with Gasteiger partial charge in [-0.1, -0.05) is 94.8 Å². The van der Waals surface area contributed by atoms with Crippen molar-refractivity contribution >= 4 is 73.4 Å². The molecule has 6 aromatic carbocycles. The van der Waals surface area contributed by atoms with Crippen LogP contribution in [0.15, 0.2) is 120 Å². The molecule has 1 aliphatic heterocycles. The summed E-state index contributed by atoms with van der Waals surface area (Å²) < 4.78 is 14.1. The van der Waals surface area contributed by atoms with Crippen LogP contribution in [-0.2, 0) is 4.57 Å². The zero-order chi connectivity index (χ0) is 35.2. The highest BCUT2D eigenvalue weighted by atomic mass is 79.9. The summed E-state index contributed by atoms with van der Waals surface area (Å²) >= 11 is 3.49. The van der Waals surface area contributed by atoms with E-state index in [9.17, 15) is 28.7 Å². The van der Waals surface area contributed by atoms with E-state index in [1.54, 1.807) is 65.4 Å². The topological polar surface area (TPSA) is 115 Å². The first-order valence-corrected chi connectivity index (χ1v) is 18.8. The monoisotopic (exact) mass is 748 g/mol. The summed E-state index contributed by atoms with van der Waals surface area (Å²) in [6.07, 6.45) is 1.07. The number of halogens is 1. The van der Waals surface area contributed by atoms with Gasteiger partial charge < -0.3 is 19.6 Å². The number of nitrogens with zero attached hydrogens (tertiary/aromatic N) is 2. The van der Waals surface area contributed by atoms with Gasteiger partial charge >= 0.3 is 7.60 Å². The van der Waals surface area contributed by atoms with Gasteiger partial charge in [0.25, 0.3) is 11.8 Å². The molecular formula is C40H34BrN2O6P. The van der Waals surface area contributed by atoms with Gasteiger partial charge in [-0.3, -0.25) is 18.9 Å². The van der Waals surface area contributed by atoms with Gasteiger partial charge in [0.05, 0.1) is 5.56 Å². The summed E-state index contributed by atoms with van der Waals surface area (Å²) in [7, 11) is -3.38. The molecule has 0 radical (unpaired) electrons. The molecule has 2 N–H and O–H groups in total. The largest absolute Gasteiger partial charge is 0.340 e. The first kappa shape index (κ1) is 33.8. The number of amides is 2. The van der Waals surface area contributed by atoms with E-state index in [0.29, 0.717) is 42.3 Å². The number of likely N-dealkylation sites (tertiary alicyclic amines) is 1. The average Bonchev–Trinajstić information content (AvgIpc) is 3.12. The number of ketones is 1. The third-order valence-corrected chi connectivity index (χ3v) is 11.4. The molecule has 7 rings (SSSR count). The van der Waals surface area contributed by atoms with Gasteiger partial charge in [0.1, 0.15) is 5.66 Å². The van der Waals surface area contributed by atoms with E-state index in [2.05, 4.69) is 15.9 Å². The van der Waals surface area contributed by atoms with Crippen LogP contribution >= 0.6 is 23.5 Å². The van der Waals surface area contributed by atoms with Crippen LogP contribution in [0, 0.1) is 0 Å². The number of carbonyl (C=O) groups excluding carboxylic acids is 3. The van der Waals surface area contributed by atoms with Gasteiger partial charge in [-0.25, -0.2) is 0 Å². The van der Waals surface area contributed by atoms with Gasteiger partial charge in [-0.2, -0.15) is 0 Å². The Morgan fingerprint density at radius 1 is 0.740 bits per heavy atom. The molecule has 0 aliphatic carbocycles. The van der Waals surface area contributed by atoms with Crippen LogP contribution in [0.3, 0.4) is 0 Å². The van der Waals surface area contributed by atoms with Crippen molar-refractivity contribution < 1.29 is 28.7 Å². The van der Waals surface area contributed by atoms with Crippen LogP contribution in [-0.4, -0.2) is 63.4 Å². The maximum Gasteiger partial charge on any atom is 0.340 e. The van der Waals surface area contributed by atoms with E-state index >= 15 is 0 Å². The zero-order valence-corrected chi connectivity index (χ0v) is 29.7. The molecule has 1 atom stereocenters. The van der Waals surface area contributed by atoms with E-state index < -0.39 is 24.9 Å². The van der Waals surface area contributed by atoms with Crippen molar-refractivity contribution in [3.8, 4) is 0 Å². The normalized spacial score (nSPS) is 14.6. The quantitative estimate of drug-likeness (QED) is 0.125. The lowest BCUT2D eigenvalue weighted by atomic mass is 9.91. The summed E-state index contributed by atoms with van der Waals surface area (Å²) in [5.41, 5.74) is -0.961. The van der Waals surface area contributed by atoms with E-state index in [0.717, 1.165) is 26.0 Å². The lowest BCUT2D eigenvalue weighted by Gasteiger charge is -2.37. The molecular weight excluding hydrogens is 715 g/mol. The van der Waals surface area contributed by atoms with E-state index in [1.165, 1.54) is 0 Å². The fourth-order valence-corrected chi connectivity index (χ4v) is 8.49. The fraction of sp³-hybridized carbons (Fsp3) is 0.175. The first-order chi connectivity index (χ1) is 24.0. The minimum atomic E-state index is -5.06. The molecule has 1 heterocycles. The molecule has 1 saturated heterocycles. The highest BCUT2D eigenvalue weighted by Crippen LogP contribution is 2.55. The van der Waals surface area contributed by atoms with Crippen LogP contribution in [0.1, 0.15) is 55.1 Å². The van der Waals surface area contributed by atoms with E-state index in [-0.39, 0.29) is 28.6 Å². The number of piperidine rings is 1. The van der Waals surface area contributed by atoms with Crippen LogP contribution in [0.2, 0.25) is 0 Å². The minimum Gasteiger partial charge on any atom is -0.339 e.